The molecule has 1 saturated heterocycles. The molecule has 2 aromatic rings. The number of likely N-dealkylation sites (tertiary alicyclic amines) is 1. The molecule has 0 saturated carbocycles. The first-order chi connectivity index (χ1) is 11.7. The third-order valence-electron chi connectivity index (χ3n) is 4.18. The van der Waals surface area contributed by atoms with Crippen LogP contribution in [0.25, 0.3) is 0 Å². The van der Waals surface area contributed by atoms with Crippen molar-refractivity contribution in [1.29, 1.82) is 0 Å². The number of hydrogen-bond donors (Lipinski definition) is 1. The summed E-state index contributed by atoms with van der Waals surface area (Å²) in [5.41, 5.74) is 1.96. The first-order valence-electron chi connectivity index (χ1n) is 8.28. The molecule has 7 heteroatoms. The summed E-state index contributed by atoms with van der Waals surface area (Å²) < 4.78 is 7.27. The first-order valence-corrected chi connectivity index (χ1v) is 8.28. The second-order valence-electron chi connectivity index (χ2n) is 5.86. The summed E-state index contributed by atoms with van der Waals surface area (Å²) in [5, 5.41) is 7.20. The van der Waals surface area contributed by atoms with Gasteiger partial charge < -0.3 is 15.0 Å². The molecule has 1 atom stereocenters. The van der Waals surface area contributed by atoms with Crippen LogP contribution in [-0.4, -0.2) is 38.8 Å². The van der Waals surface area contributed by atoms with E-state index in [0.717, 1.165) is 30.5 Å². The zero-order valence-electron chi connectivity index (χ0n) is 14.1. The molecule has 3 heterocycles. The number of ether oxygens (including phenoxy) is 1. The number of hydrogen-bond acceptors (Lipinski definition) is 4. The van der Waals surface area contributed by atoms with Crippen LogP contribution in [0.1, 0.15) is 36.9 Å². The second-order valence-corrected chi connectivity index (χ2v) is 5.86. The van der Waals surface area contributed by atoms with Gasteiger partial charge in [0.1, 0.15) is 0 Å². The van der Waals surface area contributed by atoms with Crippen LogP contribution < -0.4 is 10.1 Å². The summed E-state index contributed by atoms with van der Waals surface area (Å²) in [5.74, 6) is 0.575. The molecule has 0 aliphatic carbocycles. The number of rotatable bonds is 5. The van der Waals surface area contributed by atoms with Crippen molar-refractivity contribution >= 4 is 6.03 Å². The SMILES string of the molecule is CCOc1ncccc1CNC(=O)N1CCC[C@@H]1c1cnn(C)c1. The molecule has 2 amide bonds. The summed E-state index contributed by atoms with van der Waals surface area (Å²) >= 11 is 0. The highest BCUT2D eigenvalue weighted by atomic mass is 16.5. The quantitative estimate of drug-likeness (QED) is 0.913. The zero-order valence-corrected chi connectivity index (χ0v) is 14.1. The molecule has 128 valence electrons. The van der Waals surface area contributed by atoms with Gasteiger partial charge in [0, 0.05) is 43.7 Å². The van der Waals surface area contributed by atoms with Crippen molar-refractivity contribution < 1.29 is 9.53 Å². The molecule has 3 rings (SSSR count). The minimum absolute atomic E-state index is 0.0624. The van der Waals surface area contributed by atoms with Crippen LogP contribution in [0.15, 0.2) is 30.7 Å². The van der Waals surface area contributed by atoms with Crippen molar-refractivity contribution in [2.45, 2.75) is 32.4 Å². The number of pyridine rings is 1. The minimum atomic E-state index is -0.0624. The third-order valence-corrected chi connectivity index (χ3v) is 4.18. The molecular formula is C17H23N5O2. The molecule has 0 radical (unpaired) electrons. The average Bonchev–Trinajstić information content (AvgIpc) is 3.22. The van der Waals surface area contributed by atoms with Crippen molar-refractivity contribution in [3.8, 4) is 5.88 Å². The van der Waals surface area contributed by atoms with Crippen molar-refractivity contribution in [1.82, 2.24) is 25.0 Å². The predicted octanol–water partition coefficient (Wildman–Crippen LogP) is 2.26. The van der Waals surface area contributed by atoms with Gasteiger partial charge in [0.15, 0.2) is 0 Å². The Labute approximate surface area is 141 Å². The van der Waals surface area contributed by atoms with Gasteiger partial charge in [-0.05, 0) is 25.8 Å². The Kier molecular flexibility index (Phi) is 4.98. The van der Waals surface area contributed by atoms with Crippen LogP contribution in [0.2, 0.25) is 0 Å². The molecule has 1 aliphatic heterocycles. The normalized spacial score (nSPS) is 17.1. The van der Waals surface area contributed by atoms with E-state index >= 15 is 0 Å². The maximum atomic E-state index is 12.6. The molecule has 0 aromatic carbocycles. The molecule has 2 aromatic heterocycles. The molecule has 1 aliphatic rings. The van der Waals surface area contributed by atoms with E-state index in [9.17, 15) is 4.79 Å². The van der Waals surface area contributed by atoms with E-state index in [0.29, 0.717) is 19.0 Å². The number of aryl methyl sites for hydroxylation is 1. The molecule has 0 spiro atoms. The Bertz CT molecular complexity index is 700. The Morgan fingerprint density at radius 2 is 2.38 bits per heavy atom. The number of aromatic nitrogens is 3. The summed E-state index contributed by atoms with van der Waals surface area (Å²) in [6.45, 7) is 3.63. The molecule has 7 nitrogen and oxygen atoms in total. The Hall–Kier alpha value is -2.57. The number of nitrogens with zero attached hydrogens (tertiary/aromatic N) is 4. The number of amides is 2. The summed E-state index contributed by atoms with van der Waals surface area (Å²) in [7, 11) is 1.89. The summed E-state index contributed by atoms with van der Waals surface area (Å²) in [6.07, 6.45) is 7.48. The third kappa shape index (κ3) is 3.50. The van der Waals surface area contributed by atoms with E-state index in [1.807, 2.05) is 43.4 Å². The van der Waals surface area contributed by atoms with Gasteiger partial charge in [0.05, 0.1) is 18.8 Å². The zero-order chi connectivity index (χ0) is 16.9. The molecule has 0 unspecified atom stereocenters. The standard InChI is InChI=1S/C17H23N5O2/c1-3-24-16-13(6-4-8-18-16)10-19-17(23)22-9-5-7-15(22)14-11-20-21(2)12-14/h4,6,8,11-12,15H,3,5,7,9-10H2,1-2H3,(H,19,23)/t15-/m1/s1. The molecule has 1 fully saturated rings. The van der Waals surface area contributed by atoms with Gasteiger partial charge in [-0.25, -0.2) is 9.78 Å². The lowest BCUT2D eigenvalue weighted by molar-refractivity contribution is 0.192. The van der Waals surface area contributed by atoms with Crippen LogP contribution in [-0.2, 0) is 13.6 Å². The number of carbonyl (C=O) groups excluding carboxylic acids is 1. The lowest BCUT2D eigenvalue weighted by Gasteiger charge is -2.24. The van der Waals surface area contributed by atoms with Crippen molar-refractivity contribution in [2.75, 3.05) is 13.2 Å². The van der Waals surface area contributed by atoms with Gasteiger partial charge in [0.25, 0.3) is 0 Å². The van der Waals surface area contributed by atoms with Gasteiger partial charge in [0.2, 0.25) is 5.88 Å². The highest BCUT2D eigenvalue weighted by Crippen LogP contribution is 2.31. The number of nitrogens with one attached hydrogen (secondary N) is 1. The fourth-order valence-corrected chi connectivity index (χ4v) is 3.07. The smallest absolute Gasteiger partial charge is 0.318 e. The fraction of sp³-hybridized carbons (Fsp3) is 0.471. The lowest BCUT2D eigenvalue weighted by atomic mass is 10.1. The molecular weight excluding hydrogens is 306 g/mol. The van der Waals surface area contributed by atoms with E-state index in [-0.39, 0.29) is 12.1 Å². The van der Waals surface area contributed by atoms with Gasteiger partial charge >= 0.3 is 6.03 Å². The van der Waals surface area contributed by atoms with Crippen LogP contribution in [0, 0.1) is 0 Å². The highest BCUT2D eigenvalue weighted by molar-refractivity contribution is 5.75. The van der Waals surface area contributed by atoms with Crippen molar-refractivity contribution in [3.05, 3.63) is 41.9 Å². The average molecular weight is 329 g/mol. The van der Waals surface area contributed by atoms with Gasteiger partial charge in [-0.3, -0.25) is 4.68 Å². The fourth-order valence-electron chi connectivity index (χ4n) is 3.07. The molecule has 24 heavy (non-hydrogen) atoms. The van der Waals surface area contributed by atoms with Gasteiger partial charge in [-0.2, -0.15) is 5.10 Å². The first kappa shape index (κ1) is 16.3. The van der Waals surface area contributed by atoms with Gasteiger partial charge in [-0.1, -0.05) is 6.07 Å². The van der Waals surface area contributed by atoms with E-state index in [4.69, 9.17) is 4.74 Å². The molecule has 1 N–H and O–H groups in total. The minimum Gasteiger partial charge on any atom is -0.478 e. The maximum Gasteiger partial charge on any atom is 0.318 e. The second kappa shape index (κ2) is 7.33. The lowest BCUT2D eigenvalue weighted by Crippen LogP contribution is -2.39. The Balaban J connectivity index is 1.64. The van der Waals surface area contributed by atoms with Crippen molar-refractivity contribution in [2.24, 2.45) is 7.05 Å². The van der Waals surface area contributed by atoms with Crippen LogP contribution in [0.4, 0.5) is 4.79 Å². The highest BCUT2D eigenvalue weighted by Gasteiger charge is 2.30. The van der Waals surface area contributed by atoms with Crippen LogP contribution in [0.5, 0.6) is 5.88 Å². The summed E-state index contributed by atoms with van der Waals surface area (Å²) in [4.78, 5) is 18.7. The maximum absolute atomic E-state index is 12.6. The number of urea groups is 1. The Morgan fingerprint density at radius 1 is 1.50 bits per heavy atom. The largest absolute Gasteiger partial charge is 0.478 e. The van der Waals surface area contributed by atoms with Crippen molar-refractivity contribution in [3.63, 3.8) is 0 Å². The van der Waals surface area contributed by atoms with E-state index < -0.39 is 0 Å². The van der Waals surface area contributed by atoms with E-state index in [1.54, 1.807) is 10.9 Å². The predicted molar refractivity (Wildman–Crippen MR) is 89.5 cm³/mol. The van der Waals surface area contributed by atoms with E-state index in [1.165, 1.54) is 0 Å². The number of carbonyl (C=O) groups is 1. The monoisotopic (exact) mass is 329 g/mol. The molecule has 0 bridgehead atoms. The topological polar surface area (TPSA) is 72.3 Å². The van der Waals surface area contributed by atoms with Crippen LogP contribution >= 0.6 is 0 Å². The van der Waals surface area contributed by atoms with Crippen LogP contribution in [0.3, 0.4) is 0 Å². The van der Waals surface area contributed by atoms with Gasteiger partial charge in [-0.15, -0.1) is 0 Å². The summed E-state index contributed by atoms with van der Waals surface area (Å²) in [6, 6.07) is 3.80. The Morgan fingerprint density at radius 3 is 3.12 bits per heavy atom. The van der Waals surface area contributed by atoms with E-state index in [2.05, 4.69) is 15.4 Å².